The molecule has 0 aromatic heterocycles. The lowest BCUT2D eigenvalue weighted by atomic mass is 9.99. The molecular formula is C20H24ClN3O. The molecule has 3 rings (SSSR count). The van der Waals surface area contributed by atoms with Crippen molar-refractivity contribution >= 4 is 34.6 Å². The third kappa shape index (κ3) is 4.89. The lowest BCUT2D eigenvalue weighted by Crippen LogP contribution is -2.32. The molecule has 0 atom stereocenters. The van der Waals surface area contributed by atoms with E-state index in [1.54, 1.807) is 12.1 Å². The van der Waals surface area contributed by atoms with Gasteiger partial charge in [-0.1, -0.05) is 30.7 Å². The van der Waals surface area contributed by atoms with Crippen LogP contribution in [0.2, 0.25) is 5.02 Å². The summed E-state index contributed by atoms with van der Waals surface area (Å²) in [5, 5.41) is 6.49. The molecule has 0 bridgehead atoms. The summed E-state index contributed by atoms with van der Waals surface area (Å²) >= 11 is 6.05. The van der Waals surface area contributed by atoms with E-state index in [1.807, 2.05) is 24.3 Å². The standard InChI is InChI=1S/C20H24ClN3O/c1-15-10-12-24(13-11-15)17-8-6-16(7-9-17)22-14-20(25)23-19-5-3-2-4-18(19)21/h2-9,15,22H,10-14H2,1H3,(H,23,25). The Morgan fingerprint density at radius 2 is 1.80 bits per heavy atom. The van der Waals surface area contributed by atoms with E-state index in [2.05, 4.69) is 34.6 Å². The molecule has 1 heterocycles. The third-order valence-corrected chi connectivity index (χ3v) is 4.95. The Labute approximate surface area is 154 Å². The molecule has 2 N–H and O–H groups in total. The van der Waals surface area contributed by atoms with Gasteiger partial charge in [-0.05, 0) is 55.2 Å². The summed E-state index contributed by atoms with van der Waals surface area (Å²) in [5.41, 5.74) is 2.81. The summed E-state index contributed by atoms with van der Waals surface area (Å²) in [7, 11) is 0. The largest absolute Gasteiger partial charge is 0.376 e. The molecule has 0 radical (unpaired) electrons. The maximum Gasteiger partial charge on any atom is 0.243 e. The lowest BCUT2D eigenvalue weighted by Gasteiger charge is -2.32. The van der Waals surface area contributed by atoms with Gasteiger partial charge in [0.1, 0.15) is 0 Å². The second kappa shape index (κ2) is 8.26. The number of carbonyl (C=O) groups is 1. The Morgan fingerprint density at radius 3 is 2.48 bits per heavy atom. The van der Waals surface area contributed by atoms with Crippen LogP contribution in [0.3, 0.4) is 0 Å². The van der Waals surface area contributed by atoms with Crippen LogP contribution < -0.4 is 15.5 Å². The molecule has 132 valence electrons. The van der Waals surface area contributed by atoms with Gasteiger partial charge in [-0.25, -0.2) is 0 Å². The minimum absolute atomic E-state index is 0.123. The van der Waals surface area contributed by atoms with Crippen molar-refractivity contribution in [1.82, 2.24) is 0 Å². The monoisotopic (exact) mass is 357 g/mol. The van der Waals surface area contributed by atoms with Crippen molar-refractivity contribution < 1.29 is 4.79 Å². The maximum atomic E-state index is 12.0. The molecular weight excluding hydrogens is 334 g/mol. The number of anilines is 3. The Kier molecular flexibility index (Phi) is 5.82. The number of carbonyl (C=O) groups excluding carboxylic acids is 1. The molecule has 1 aliphatic heterocycles. The molecule has 5 heteroatoms. The Balaban J connectivity index is 1.50. The highest BCUT2D eigenvalue weighted by Gasteiger charge is 2.15. The normalized spacial score (nSPS) is 15.0. The fourth-order valence-corrected chi connectivity index (χ4v) is 3.18. The molecule has 0 unspecified atom stereocenters. The number of nitrogens with zero attached hydrogens (tertiary/aromatic N) is 1. The van der Waals surface area contributed by atoms with E-state index in [1.165, 1.54) is 18.5 Å². The highest BCUT2D eigenvalue weighted by molar-refractivity contribution is 6.33. The summed E-state index contributed by atoms with van der Waals surface area (Å²) in [6.45, 7) is 4.76. The number of para-hydroxylation sites is 1. The van der Waals surface area contributed by atoms with Crippen LogP contribution in [0, 0.1) is 5.92 Å². The summed E-state index contributed by atoms with van der Waals surface area (Å²) in [5.74, 6) is 0.705. The average Bonchev–Trinajstić information content (AvgIpc) is 2.63. The zero-order chi connectivity index (χ0) is 17.6. The lowest BCUT2D eigenvalue weighted by molar-refractivity contribution is -0.114. The van der Waals surface area contributed by atoms with Crippen LogP contribution in [0.25, 0.3) is 0 Å². The van der Waals surface area contributed by atoms with Crippen LogP contribution >= 0.6 is 11.6 Å². The molecule has 2 aromatic rings. The van der Waals surface area contributed by atoms with Gasteiger partial charge in [0, 0.05) is 24.5 Å². The van der Waals surface area contributed by atoms with E-state index in [4.69, 9.17) is 11.6 Å². The number of benzene rings is 2. The molecule has 25 heavy (non-hydrogen) atoms. The summed E-state index contributed by atoms with van der Waals surface area (Å²) in [6.07, 6.45) is 2.50. The first kappa shape index (κ1) is 17.6. The first-order valence-corrected chi connectivity index (χ1v) is 9.13. The number of hydrogen-bond donors (Lipinski definition) is 2. The Morgan fingerprint density at radius 1 is 1.12 bits per heavy atom. The van der Waals surface area contributed by atoms with Gasteiger partial charge in [-0.2, -0.15) is 0 Å². The summed E-state index contributed by atoms with van der Waals surface area (Å²) < 4.78 is 0. The summed E-state index contributed by atoms with van der Waals surface area (Å²) in [4.78, 5) is 14.5. The van der Waals surface area contributed by atoms with Crippen molar-refractivity contribution in [2.75, 3.05) is 35.2 Å². The van der Waals surface area contributed by atoms with Gasteiger partial charge in [0.05, 0.1) is 17.3 Å². The Hall–Kier alpha value is -2.20. The van der Waals surface area contributed by atoms with E-state index in [0.29, 0.717) is 10.7 Å². The van der Waals surface area contributed by atoms with E-state index in [9.17, 15) is 4.79 Å². The average molecular weight is 358 g/mol. The van der Waals surface area contributed by atoms with Gasteiger partial charge in [0.2, 0.25) is 5.91 Å². The van der Waals surface area contributed by atoms with Gasteiger partial charge in [0.25, 0.3) is 0 Å². The number of halogens is 1. The van der Waals surface area contributed by atoms with Gasteiger partial charge in [-0.15, -0.1) is 0 Å². The first-order chi connectivity index (χ1) is 12.1. The molecule has 0 spiro atoms. The second-order valence-electron chi connectivity index (χ2n) is 6.60. The van der Waals surface area contributed by atoms with Crippen molar-refractivity contribution in [1.29, 1.82) is 0 Å². The number of nitrogens with one attached hydrogen (secondary N) is 2. The van der Waals surface area contributed by atoms with E-state index in [0.717, 1.165) is 24.7 Å². The zero-order valence-corrected chi connectivity index (χ0v) is 15.2. The molecule has 1 aliphatic rings. The van der Waals surface area contributed by atoms with Crippen LogP contribution in [0.4, 0.5) is 17.1 Å². The number of amides is 1. The minimum atomic E-state index is -0.123. The number of piperidine rings is 1. The molecule has 0 aliphatic carbocycles. The van der Waals surface area contributed by atoms with Gasteiger partial charge in [0.15, 0.2) is 0 Å². The Bertz CT molecular complexity index is 709. The van der Waals surface area contributed by atoms with Crippen molar-refractivity contribution in [3.8, 4) is 0 Å². The molecule has 1 fully saturated rings. The maximum absolute atomic E-state index is 12.0. The fraction of sp³-hybridized carbons (Fsp3) is 0.350. The minimum Gasteiger partial charge on any atom is -0.376 e. The molecule has 0 saturated carbocycles. The fourth-order valence-electron chi connectivity index (χ4n) is 3.00. The van der Waals surface area contributed by atoms with Gasteiger partial charge in [-0.3, -0.25) is 4.79 Å². The second-order valence-corrected chi connectivity index (χ2v) is 7.01. The smallest absolute Gasteiger partial charge is 0.243 e. The molecule has 1 amide bonds. The molecule has 4 nitrogen and oxygen atoms in total. The van der Waals surface area contributed by atoms with Crippen molar-refractivity contribution in [3.05, 3.63) is 53.6 Å². The van der Waals surface area contributed by atoms with Gasteiger partial charge < -0.3 is 15.5 Å². The van der Waals surface area contributed by atoms with E-state index < -0.39 is 0 Å². The van der Waals surface area contributed by atoms with E-state index >= 15 is 0 Å². The van der Waals surface area contributed by atoms with Crippen LogP contribution in [-0.2, 0) is 4.79 Å². The number of rotatable bonds is 5. The van der Waals surface area contributed by atoms with Gasteiger partial charge >= 0.3 is 0 Å². The molecule has 1 saturated heterocycles. The SMILES string of the molecule is CC1CCN(c2ccc(NCC(=O)Nc3ccccc3Cl)cc2)CC1. The van der Waals surface area contributed by atoms with Crippen LogP contribution in [0.15, 0.2) is 48.5 Å². The number of hydrogen-bond acceptors (Lipinski definition) is 3. The summed E-state index contributed by atoms with van der Waals surface area (Å²) in [6, 6.07) is 15.5. The van der Waals surface area contributed by atoms with Crippen LogP contribution in [0.5, 0.6) is 0 Å². The quantitative estimate of drug-likeness (QED) is 0.820. The highest BCUT2D eigenvalue weighted by atomic mass is 35.5. The van der Waals surface area contributed by atoms with Crippen molar-refractivity contribution in [3.63, 3.8) is 0 Å². The van der Waals surface area contributed by atoms with Crippen molar-refractivity contribution in [2.45, 2.75) is 19.8 Å². The third-order valence-electron chi connectivity index (χ3n) is 4.62. The van der Waals surface area contributed by atoms with E-state index in [-0.39, 0.29) is 12.5 Å². The molecule has 2 aromatic carbocycles. The van der Waals surface area contributed by atoms with Crippen LogP contribution in [-0.4, -0.2) is 25.5 Å². The topological polar surface area (TPSA) is 44.4 Å². The highest BCUT2D eigenvalue weighted by Crippen LogP contribution is 2.24. The predicted octanol–water partition coefficient (Wildman–Crippen LogP) is 4.63. The zero-order valence-electron chi connectivity index (χ0n) is 14.5. The van der Waals surface area contributed by atoms with Crippen LogP contribution in [0.1, 0.15) is 19.8 Å². The predicted molar refractivity (Wildman–Crippen MR) is 106 cm³/mol. The first-order valence-electron chi connectivity index (χ1n) is 8.75. The van der Waals surface area contributed by atoms with Crippen molar-refractivity contribution in [2.24, 2.45) is 5.92 Å².